The molecule has 1 nitrogen and oxygen atoms in total. The molecule has 0 saturated heterocycles. The molecule has 0 fully saturated rings. The predicted octanol–water partition coefficient (Wildman–Crippen LogP) is 16.1. The number of rotatable bonds is 5. The first-order valence-corrected chi connectivity index (χ1v) is 20.4. The second-order valence-electron chi connectivity index (χ2n) is 15.6. The molecule has 0 atom stereocenters. The second kappa shape index (κ2) is 13.4. The number of hydrogen-bond donors (Lipinski definition) is 0. The molecule has 1 aromatic heterocycles. The van der Waals surface area contributed by atoms with Crippen molar-refractivity contribution in [3.8, 4) is 50.2 Å². The highest BCUT2D eigenvalue weighted by atomic mass is 15.0. The number of benzene rings is 11. The highest BCUT2D eigenvalue weighted by Crippen LogP contribution is 2.45. The van der Waals surface area contributed by atoms with Crippen LogP contribution in [-0.2, 0) is 0 Å². The summed E-state index contributed by atoms with van der Waals surface area (Å²) < 4.78 is 2.51. The molecule has 0 N–H and O–H groups in total. The van der Waals surface area contributed by atoms with Crippen molar-refractivity contribution < 1.29 is 0 Å². The Kier molecular flexibility index (Phi) is 7.61. The van der Waals surface area contributed by atoms with Gasteiger partial charge in [0, 0.05) is 16.2 Å². The number of nitrogens with zero attached hydrogens (tertiary/aromatic N) is 1. The fourth-order valence-electron chi connectivity index (χ4n) is 9.76. The molecular weight excluding hydrogens is 711 g/mol. The molecule has 59 heavy (non-hydrogen) atoms. The molecule has 0 unspecified atom stereocenters. The Hall–Kier alpha value is -7.74. The fourth-order valence-corrected chi connectivity index (χ4v) is 9.76. The van der Waals surface area contributed by atoms with E-state index >= 15 is 0 Å². The molecule has 0 spiro atoms. The van der Waals surface area contributed by atoms with Gasteiger partial charge in [0.05, 0.1) is 16.7 Å². The SMILES string of the molecule is c1ccc(-c2ccccc2-c2ccc(-c3ccc(-n4c5cc(-c6cccc7ccccc67)ccc5c5c6ccccc6ccc54)c4ccccc34)c3ccccc23)cc1. The van der Waals surface area contributed by atoms with Crippen molar-refractivity contribution in [2.24, 2.45) is 0 Å². The first kappa shape index (κ1) is 33.4. The Morgan fingerprint density at radius 3 is 1.51 bits per heavy atom. The molecule has 0 aliphatic heterocycles. The Balaban J connectivity index is 1.10. The fraction of sp³-hybridized carbons (Fsp3) is 0. The maximum atomic E-state index is 2.51. The van der Waals surface area contributed by atoms with Crippen LogP contribution < -0.4 is 0 Å². The summed E-state index contributed by atoms with van der Waals surface area (Å²) >= 11 is 0. The van der Waals surface area contributed by atoms with Crippen LogP contribution in [0.4, 0.5) is 0 Å². The van der Waals surface area contributed by atoms with Crippen LogP contribution in [0.15, 0.2) is 224 Å². The van der Waals surface area contributed by atoms with Gasteiger partial charge in [-0.25, -0.2) is 0 Å². The average molecular weight is 748 g/mol. The number of aromatic nitrogens is 1. The topological polar surface area (TPSA) is 4.93 Å². The molecule has 0 saturated carbocycles. The summed E-state index contributed by atoms with van der Waals surface area (Å²) in [7, 11) is 0. The summed E-state index contributed by atoms with van der Waals surface area (Å²) in [4.78, 5) is 0. The van der Waals surface area contributed by atoms with Gasteiger partial charge in [-0.15, -0.1) is 0 Å². The van der Waals surface area contributed by atoms with Crippen LogP contribution in [0.3, 0.4) is 0 Å². The molecule has 0 bridgehead atoms. The van der Waals surface area contributed by atoms with E-state index in [0.717, 1.165) is 0 Å². The van der Waals surface area contributed by atoms with E-state index in [-0.39, 0.29) is 0 Å². The minimum absolute atomic E-state index is 1.17. The molecule has 11 aromatic carbocycles. The first-order valence-electron chi connectivity index (χ1n) is 20.4. The lowest BCUT2D eigenvalue weighted by molar-refractivity contribution is 1.20. The Labute approximate surface area is 342 Å². The molecule has 1 heteroatoms. The first-order chi connectivity index (χ1) is 29.3. The van der Waals surface area contributed by atoms with Crippen molar-refractivity contribution in [2.45, 2.75) is 0 Å². The summed E-state index contributed by atoms with van der Waals surface area (Å²) in [6.45, 7) is 0. The van der Waals surface area contributed by atoms with Gasteiger partial charge in [0.1, 0.15) is 0 Å². The third-order valence-electron chi connectivity index (χ3n) is 12.4. The van der Waals surface area contributed by atoms with Crippen molar-refractivity contribution in [3.63, 3.8) is 0 Å². The predicted molar refractivity (Wildman–Crippen MR) is 253 cm³/mol. The Bertz CT molecular complexity index is 3600. The van der Waals surface area contributed by atoms with Crippen molar-refractivity contribution >= 4 is 64.9 Å². The molecule has 0 aliphatic carbocycles. The van der Waals surface area contributed by atoms with Crippen LogP contribution in [0.5, 0.6) is 0 Å². The minimum atomic E-state index is 1.17. The Morgan fingerprint density at radius 2 is 0.763 bits per heavy atom. The maximum absolute atomic E-state index is 2.51. The van der Waals surface area contributed by atoms with Crippen LogP contribution >= 0.6 is 0 Å². The van der Waals surface area contributed by atoms with Crippen LogP contribution in [0.1, 0.15) is 0 Å². The van der Waals surface area contributed by atoms with Crippen molar-refractivity contribution in [2.75, 3.05) is 0 Å². The zero-order chi connectivity index (χ0) is 38.9. The van der Waals surface area contributed by atoms with Gasteiger partial charge in [-0.3, -0.25) is 0 Å². The monoisotopic (exact) mass is 747 g/mol. The molecule has 0 amide bonds. The van der Waals surface area contributed by atoms with E-state index in [1.54, 1.807) is 0 Å². The minimum Gasteiger partial charge on any atom is -0.309 e. The molecule has 1 heterocycles. The zero-order valence-corrected chi connectivity index (χ0v) is 32.3. The van der Waals surface area contributed by atoms with Gasteiger partial charge in [0.2, 0.25) is 0 Å². The smallest absolute Gasteiger partial charge is 0.0547 e. The maximum Gasteiger partial charge on any atom is 0.0547 e. The highest BCUT2D eigenvalue weighted by Gasteiger charge is 2.20. The molecule has 0 aliphatic rings. The second-order valence-corrected chi connectivity index (χ2v) is 15.6. The quantitative estimate of drug-likeness (QED) is 0.165. The van der Waals surface area contributed by atoms with Crippen LogP contribution in [0, 0.1) is 0 Å². The lowest BCUT2D eigenvalue weighted by Crippen LogP contribution is -1.97. The molecule has 12 aromatic rings. The molecular formula is C58H37N. The van der Waals surface area contributed by atoms with E-state index < -0.39 is 0 Å². The van der Waals surface area contributed by atoms with Gasteiger partial charge in [-0.1, -0.05) is 206 Å². The Morgan fingerprint density at radius 1 is 0.237 bits per heavy atom. The van der Waals surface area contributed by atoms with E-state index in [1.165, 1.54) is 115 Å². The van der Waals surface area contributed by atoms with Crippen LogP contribution in [-0.4, -0.2) is 4.57 Å². The van der Waals surface area contributed by atoms with E-state index in [0.29, 0.717) is 0 Å². The largest absolute Gasteiger partial charge is 0.309 e. The van der Waals surface area contributed by atoms with Crippen molar-refractivity contribution in [1.82, 2.24) is 4.57 Å². The van der Waals surface area contributed by atoms with Gasteiger partial charge in [-0.2, -0.15) is 0 Å². The van der Waals surface area contributed by atoms with E-state index in [1.807, 2.05) is 0 Å². The van der Waals surface area contributed by atoms with Gasteiger partial charge in [0.15, 0.2) is 0 Å². The average Bonchev–Trinajstić information content (AvgIpc) is 3.65. The summed E-state index contributed by atoms with van der Waals surface area (Å²) in [6.07, 6.45) is 0. The summed E-state index contributed by atoms with van der Waals surface area (Å²) in [5.41, 5.74) is 13.4. The van der Waals surface area contributed by atoms with Crippen molar-refractivity contribution in [1.29, 1.82) is 0 Å². The zero-order valence-electron chi connectivity index (χ0n) is 32.3. The van der Waals surface area contributed by atoms with Gasteiger partial charge >= 0.3 is 0 Å². The van der Waals surface area contributed by atoms with Gasteiger partial charge < -0.3 is 4.57 Å². The number of fused-ring (bicyclic) bond motifs is 8. The summed E-state index contributed by atoms with van der Waals surface area (Å²) in [5, 5.41) is 12.5. The van der Waals surface area contributed by atoms with E-state index in [2.05, 4.69) is 229 Å². The standard InChI is InChI=1S/C58H37N/c1-2-15-38(16-3-1)43-21-8-9-23-46(43)50-32-33-51(48-25-11-10-24-47(48)50)52-34-36-55(53-27-13-12-26-49(52)53)59-56-35-30-40-18-5-7-22-45(40)58(56)54-31-29-41(37-57(54)59)44-28-14-19-39-17-4-6-20-42(39)44/h1-37H. The van der Waals surface area contributed by atoms with E-state index in [4.69, 9.17) is 0 Å². The van der Waals surface area contributed by atoms with Crippen molar-refractivity contribution in [3.05, 3.63) is 224 Å². The summed E-state index contributed by atoms with van der Waals surface area (Å²) in [5.74, 6) is 0. The van der Waals surface area contributed by atoms with Gasteiger partial charge in [0.25, 0.3) is 0 Å². The van der Waals surface area contributed by atoms with Gasteiger partial charge in [-0.05, 0) is 100 Å². The lowest BCUT2D eigenvalue weighted by atomic mass is 9.87. The third-order valence-corrected chi connectivity index (χ3v) is 12.4. The van der Waals surface area contributed by atoms with Crippen LogP contribution in [0.25, 0.3) is 115 Å². The normalized spacial score (nSPS) is 11.7. The molecule has 12 rings (SSSR count). The number of hydrogen-bond acceptors (Lipinski definition) is 0. The van der Waals surface area contributed by atoms with E-state index in [9.17, 15) is 0 Å². The summed E-state index contributed by atoms with van der Waals surface area (Å²) in [6, 6.07) is 82.5. The third kappa shape index (κ3) is 5.25. The lowest BCUT2D eigenvalue weighted by Gasteiger charge is -2.18. The molecule has 274 valence electrons. The highest BCUT2D eigenvalue weighted by molar-refractivity contribution is 6.23. The van der Waals surface area contributed by atoms with Crippen LogP contribution in [0.2, 0.25) is 0 Å². The molecule has 0 radical (unpaired) electrons.